The minimum absolute atomic E-state index is 0.0589. The first kappa shape index (κ1) is 59.1. The summed E-state index contributed by atoms with van der Waals surface area (Å²) in [6.45, 7) is 0.837. The summed E-state index contributed by atoms with van der Waals surface area (Å²) in [6, 6.07) is 6.17. The van der Waals surface area contributed by atoms with Crippen molar-refractivity contribution in [1.29, 1.82) is 0 Å². The first-order chi connectivity index (χ1) is 35.8. The van der Waals surface area contributed by atoms with E-state index in [0.29, 0.717) is 5.56 Å². The lowest BCUT2D eigenvalue weighted by Gasteiger charge is -2.42. The predicted molar refractivity (Wildman–Crippen MR) is 243 cm³/mol. The fraction of sp³-hybridized carbons (Fsp3) is 0.625. The van der Waals surface area contributed by atoms with Crippen LogP contribution in [0, 0.1) is 11.8 Å². The van der Waals surface area contributed by atoms with Gasteiger partial charge in [-0.15, -0.1) is 0 Å². The maximum atomic E-state index is 13.4. The van der Waals surface area contributed by atoms with Gasteiger partial charge in [-0.2, -0.15) is 0 Å². The van der Waals surface area contributed by atoms with E-state index in [2.05, 4.69) is 0 Å². The van der Waals surface area contributed by atoms with Crippen molar-refractivity contribution in [1.82, 2.24) is 0 Å². The molecule has 5 heterocycles. The zero-order valence-corrected chi connectivity index (χ0v) is 41.0. The molecule has 27 heteroatoms. The number of ether oxygens (including phenoxy) is 12. The van der Waals surface area contributed by atoms with Crippen LogP contribution in [0.1, 0.15) is 32.3 Å². The predicted octanol–water partition coefficient (Wildman–Crippen LogP) is -4.13. The maximum absolute atomic E-state index is 13.4. The maximum Gasteiger partial charge on any atom is 0.337 e. The van der Waals surface area contributed by atoms with Crippen molar-refractivity contribution in [2.24, 2.45) is 11.8 Å². The van der Waals surface area contributed by atoms with E-state index < -0.39 is 173 Å². The molecule has 418 valence electrons. The lowest BCUT2D eigenvalue weighted by Crippen LogP contribution is -2.60. The van der Waals surface area contributed by atoms with Crippen LogP contribution < -0.4 is 4.74 Å². The number of hydrogen-bond acceptors (Lipinski definition) is 27. The summed E-state index contributed by atoms with van der Waals surface area (Å²) in [7, 11) is 2.22. The smallest absolute Gasteiger partial charge is 0.337 e. The molecule has 5 aliphatic rings. The summed E-state index contributed by atoms with van der Waals surface area (Å²) in [5.41, 5.74) is 0.810. The van der Waals surface area contributed by atoms with Crippen molar-refractivity contribution in [3.63, 3.8) is 0 Å². The van der Waals surface area contributed by atoms with Crippen LogP contribution in [-0.4, -0.2) is 225 Å². The van der Waals surface area contributed by atoms with Gasteiger partial charge in [0.15, 0.2) is 12.6 Å². The monoisotopic (exact) mass is 1070 g/mol. The van der Waals surface area contributed by atoms with Gasteiger partial charge in [-0.1, -0.05) is 24.3 Å². The van der Waals surface area contributed by atoms with E-state index in [9.17, 15) is 75.3 Å². The van der Waals surface area contributed by atoms with Gasteiger partial charge in [0.1, 0.15) is 85.6 Å². The molecular formula is C48H64O27. The molecular weight excluding hydrogens is 1010 g/mol. The van der Waals surface area contributed by atoms with E-state index in [0.717, 1.165) is 26.7 Å². The molecule has 0 saturated carbocycles. The summed E-state index contributed by atoms with van der Waals surface area (Å²) in [6.07, 6.45) is -23.4. The average molecular weight is 1070 g/mol. The van der Waals surface area contributed by atoms with E-state index in [1.165, 1.54) is 31.2 Å². The highest BCUT2D eigenvalue weighted by Gasteiger charge is 2.50. The highest BCUT2D eigenvalue weighted by atomic mass is 16.8. The van der Waals surface area contributed by atoms with Crippen LogP contribution in [0.3, 0.4) is 0 Å². The molecule has 1 aromatic carbocycles. The topological polar surface area (TPSA) is 402 Å². The minimum Gasteiger partial charge on any atom is -0.468 e. The SMILES string of the molecule is C/C=C1/[C@H](O[C@@H]2O[C@H](CO)[C@@H](O)[C@H](O)[C@H]2O)OC=C(C(=O)OC)[C@H]1CC(=O)OCCc1ccc(O[C@@H]2O[C@H](COC(=O)C[C@@H]3C(C(=O)OC)=CO[C@@H](O[C@@H]4O[C@H](CO)[C@@H](O)[C@H](O)[C@H]4O)/C3=C/C)[C@@H](O)[C@H](O)[C@H]2O)cc1. The Bertz CT molecular complexity index is 2230. The first-order valence-corrected chi connectivity index (χ1v) is 23.7. The first-order valence-electron chi connectivity index (χ1n) is 23.7. The molecule has 0 spiro atoms. The van der Waals surface area contributed by atoms with Crippen LogP contribution in [0.15, 0.2) is 71.2 Å². The number of hydrogen-bond donors (Lipinski definition) is 11. The number of carbonyl (C=O) groups excluding carboxylic acids is 4. The fourth-order valence-corrected chi connectivity index (χ4v) is 8.78. The van der Waals surface area contributed by atoms with Crippen molar-refractivity contribution in [2.75, 3.05) is 40.6 Å². The zero-order chi connectivity index (χ0) is 54.8. The Kier molecular flexibility index (Phi) is 21.1. The van der Waals surface area contributed by atoms with Gasteiger partial charge in [-0.05, 0) is 31.5 Å². The van der Waals surface area contributed by atoms with Crippen LogP contribution >= 0.6 is 0 Å². The molecule has 0 aliphatic carbocycles. The second kappa shape index (κ2) is 26.7. The van der Waals surface area contributed by atoms with Gasteiger partial charge in [0.05, 0.1) is 70.6 Å². The van der Waals surface area contributed by atoms with Gasteiger partial charge < -0.3 is 113 Å². The molecule has 3 fully saturated rings. The second-order valence-corrected chi connectivity index (χ2v) is 17.8. The molecule has 0 bridgehead atoms. The molecule has 0 radical (unpaired) electrons. The molecule has 27 nitrogen and oxygen atoms in total. The Labute approximate surface area is 428 Å². The van der Waals surface area contributed by atoms with E-state index in [1.807, 2.05) is 0 Å². The molecule has 0 unspecified atom stereocenters. The van der Waals surface area contributed by atoms with Gasteiger partial charge in [0, 0.05) is 29.4 Å². The van der Waals surface area contributed by atoms with Gasteiger partial charge in [0.25, 0.3) is 0 Å². The number of aliphatic hydroxyl groups excluding tert-OH is 11. The molecule has 3 saturated heterocycles. The molecule has 1 aromatic rings. The highest BCUT2D eigenvalue weighted by molar-refractivity contribution is 5.91. The van der Waals surface area contributed by atoms with Crippen LogP contribution in [-0.2, 0) is 77.7 Å². The van der Waals surface area contributed by atoms with Crippen LogP contribution in [0.4, 0.5) is 0 Å². The second-order valence-electron chi connectivity index (χ2n) is 17.8. The van der Waals surface area contributed by atoms with E-state index in [-0.39, 0.29) is 41.1 Å². The highest BCUT2D eigenvalue weighted by Crippen LogP contribution is 2.38. The summed E-state index contributed by atoms with van der Waals surface area (Å²) in [4.78, 5) is 52.2. The van der Waals surface area contributed by atoms with Gasteiger partial charge in [-0.3, -0.25) is 9.59 Å². The summed E-state index contributed by atoms with van der Waals surface area (Å²) in [5, 5.41) is 113. The third-order valence-electron chi connectivity index (χ3n) is 13.1. The zero-order valence-electron chi connectivity index (χ0n) is 41.0. The normalized spacial score (nSPS) is 37.0. The molecule has 6 rings (SSSR count). The fourth-order valence-electron chi connectivity index (χ4n) is 8.78. The van der Waals surface area contributed by atoms with Crippen LogP contribution in [0.25, 0.3) is 0 Å². The van der Waals surface area contributed by atoms with Crippen molar-refractivity contribution >= 4 is 23.9 Å². The summed E-state index contributed by atoms with van der Waals surface area (Å²) in [5.74, 6) is -5.43. The number of carbonyl (C=O) groups is 4. The van der Waals surface area contributed by atoms with Crippen molar-refractivity contribution in [3.05, 3.63) is 76.8 Å². The molecule has 0 amide bonds. The molecule has 0 aromatic heterocycles. The van der Waals surface area contributed by atoms with E-state index >= 15 is 0 Å². The van der Waals surface area contributed by atoms with E-state index in [1.54, 1.807) is 19.1 Å². The lowest BCUT2D eigenvalue weighted by molar-refractivity contribution is -0.327. The van der Waals surface area contributed by atoms with Crippen LogP contribution in [0.5, 0.6) is 5.75 Å². The Morgan fingerprint density at radius 1 is 0.547 bits per heavy atom. The van der Waals surface area contributed by atoms with Crippen LogP contribution in [0.2, 0.25) is 0 Å². The number of rotatable bonds is 19. The minimum atomic E-state index is -1.84. The Morgan fingerprint density at radius 2 is 0.960 bits per heavy atom. The Hall–Kier alpha value is -5.18. The molecule has 19 atom stereocenters. The Morgan fingerprint density at radius 3 is 1.39 bits per heavy atom. The standard InChI is InChI=1S/C48H64O27/c1-5-22-24(26(42(62)64-3)17-68-44(22)74-47-40(60)36(56)33(53)28(15-49)71-47)13-31(51)66-12-11-20-7-9-21(10-8-20)70-46-39(59)38(58)35(55)30(73-46)19-67-32(52)14-25-23(6-2)45(69-18-27(25)43(63)65-4)75-48-41(61)37(57)34(54)29(16-50)72-48/h5-10,17-18,24-25,28-30,33-41,44-50,53-61H,11-16,19H2,1-4H3/b22-5+,23-6+/t24-,25-,28+,29+,30+,33+,34+,35+,36-,37-,38-,39+,40+,41+,44-,45-,46+,47-,48-/m0/s1. The Balaban J connectivity index is 1.01. The van der Waals surface area contributed by atoms with Gasteiger partial charge >= 0.3 is 23.9 Å². The number of methoxy groups -OCH3 is 2. The third kappa shape index (κ3) is 13.7. The van der Waals surface area contributed by atoms with Gasteiger partial charge in [-0.25, -0.2) is 9.59 Å². The number of esters is 4. The largest absolute Gasteiger partial charge is 0.468 e. The number of allylic oxidation sites excluding steroid dienone is 2. The van der Waals surface area contributed by atoms with Crippen molar-refractivity contribution in [3.8, 4) is 5.75 Å². The third-order valence-corrected chi connectivity index (χ3v) is 13.1. The van der Waals surface area contributed by atoms with Crippen molar-refractivity contribution in [2.45, 2.75) is 138 Å². The number of benzene rings is 1. The van der Waals surface area contributed by atoms with Gasteiger partial charge in [0.2, 0.25) is 18.9 Å². The molecule has 11 N–H and O–H groups in total. The summed E-state index contributed by atoms with van der Waals surface area (Å²) < 4.78 is 65.8. The van der Waals surface area contributed by atoms with Crippen molar-refractivity contribution < 1.29 is 132 Å². The molecule has 75 heavy (non-hydrogen) atoms. The average Bonchev–Trinajstić information content (AvgIpc) is 3.41. The lowest BCUT2D eigenvalue weighted by atomic mass is 9.86. The summed E-state index contributed by atoms with van der Waals surface area (Å²) >= 11 is 0. The number of aliphatic hydroxyl groups is 11. The van der Waals surface area contributed by atoms with E-state index in [4.69, 9.17) is 56.8 Å². The quantitative estimate of drug-likeness (QED) is 0.0356. The molecule has 5 aliphatic heterocycles.